The Labute approximate surface area is 140 Å². The van der Waals surface area contributed by atoms with E-state index in [-0.39, 0.29) is 0 Å². The summed E-state index contributed by atoms with van der Waals surface area (Å²) in [5.41, 5.74) is 5.60. The number of rotatable bonds is 3. The molecule has 1 aliphatic heterocycles. The number of nitrogens with zero attached hydrogens (tertiary/aromatic N) is 1. The lowest BCUT2D eigenvalue weighted by molar-refractivity contribution is 0.320. The van der Waals surface area contributed by atoms with Gasteiger partial charge in [-0.25, -0.2) is 0 Å². The fraction of sp³-hybridized carbons (Fsp3) is 0.176. The number of hydrogen-bond donors (Lipinski definition) is 2. The Bertz CT molecular complexity index is 746. The van der Waals surface area contributed by atoms with Gasteiger partial charge in [0.05, 0.1) is 25.1 Å². The molecule has 0 saturated heterocycles. The highest BCUT2D eigenvalue weighted by Crippen LogP contribution is 2.24. The van der Waals surface area contributed by atoms with Crippen LogP contribution in [0.3, 0.4) is 0 Å². The van der Waals surface area contributed by atoms with Crippen molar-refractivity contribution in [1.82, 2.24) is 5.43 Å². The van der Waals surface area contributed by atoms with Crippen molar-refractivity contribution in [3.05, 3.63) is 54.1 Å². The zero-order valence-corrected chi connectivity index (χ0v) is 13.5. The number of anilines is 1. The second-order valence-electron chi connectivity index (χ2n) is 4.92. The van der Waals surface area contributed by atoms with E-state index >= 15 is 0 Å². The number of ether oxygens (including phenoxy) is 2. The molecule has 0 atom stereocenters. The summed E-state index contributed by atoms with van der Waals surface area (Å²) in [6.45, 7) is 0.615. The molecular formula is C17H17N3O2S. The largest absolute Gasteiger partial charge is 0.495 e. The van der Waals surface area contributed by atoms with Crippen LogP contribution < -0.4 is 20.2 Å². The van der Waals surface area contributed by atoms with E-state index < -0.39 is 0 Å². The first-order valence-corrected chi connectivity index (χ1v) is 7.67. The molecule has 2 aromatic rings. The Kier molecular flexibility index (Phi) is 4.73. The molecule has 2 aromatic carbocycles. The third-order valence-electron chi connectivity index (χ3n) is 3.44. The average Bonchev–Trinajstić information content (AvgIpc) is 2.60. The third-order valence-corrected chi connectivity index (χ3v) is 3.64. The Hall–Kier alpha value is -2.60. The Morgan fingerprint density at radius 3 is 2.83 bits per heavy atom. The van der Waals surface area contributed by atoms with Crippen molar-refractivity contribution in [1.29, 1.82) is 0 Å². The minimum atomic E-state index is 0.408. The molecule has 0 unspecified atom stereocenters. The summed E-state index contributed by atoms with van der Waals surface area (Å²) in [4.78, 5) is 0. The molecule has 0 aromatic heterocycles. The Balaban J connectivity index is 1.70. The molecule has 0 radical (unpaired) electrons. The van der Waals surface area contributed by atoms with Crippen molar-refractivity contribution in [2.75, 3.05) is 19.0 Å². The zero-order valence-electron chi connectivity index (χ0n) is 12.7. The van der Waals surface area contributed by atoms with Crippen LogP contribution in [0.2, 0.25) is 0 Å². The molecule has 6 heteroatoms. The topological polar surface area (TPSA) is 54.9 Å². The maximum absolute atomic E-state index is 5.61. The van der Waals surface area contributed by atoms with Gasteiger partial charge in [0.1, 0.15) is 11.5 Å². The number of fused-ring (bicyclic) bond motifs is 1. The SMILES string of the molecule is COc1ccccc1NC(=S)NN=C1CCOc2ccccc21. The molecule has 0 bridgehead atoms. The quantitative estimate of drug-likeness (QED) is 0.670. The molecule has 0 aliphatic carbocycles. The lowest BCUT2D eigenvalue weighted by Gasteiger charge is -2.19. The molecule has 1 heterocycles. The maximum atomic E-state index is 5.61. The molecule has 3 rings (SSSR count). The van der Waals surface area contributed by atoms with Gasteiger partial charge in [-0.1, -0.05) is 24.3 Å². The van der Waals surface area contributed by atoms with Crippen molar-refractivity contribution in [2.45, 2.75) is 6.42 Å². The van der Waals surface area contributed by atoms with Crippen molar-refractivity contribution < 1.29 is 9.47 Å². The van der Waals surface area contributed by atoms with Gasteiger partial charge in [-0.15, -0.1) is 0 Å². The number of hydrogen-bond acceptors (Lipinski definition) is 4. The van der Waals surface area contributed by atoms with Crippen molar-refractivity contribution in [3.8, 4) is 11.5 Å². The first-order chi connectivity index (χ1) is 11.3. The summed E-state index contributed by atoms with van der Waals surface area (Å²) in [6, 6.07) is 15.4. The van der Waals surface area contributed by atoms with E-state index in [9.17, 15) is 0 Å². The standard InChI is InChI=1S/C17H17N3O2S/c1-21-16-9-5-3-7-14(16)18-17(23)20-19-13-10-11-22-15-8-4-2-6-12(13)15/h2-9H,10-11H2,1H3,(H2,18,20,23). The number of thiocarbonyl (C=S) groups is 1. The van der Waals surface area contributed by atoms with E-state index in [1.54, 1.807) is 7.11 Å². The highest BCUT2D eigenvalue weighted by molar-refractivity contribution is 7.80. The van der Waals surface area contributed by atoms with Crippen LogP contribution in [0.15, 0.2) is 53.6 Å². The normalized spacial score (nSPS) is 14.6. The molecule has 0 amide bonds. The average molecular weight is 327 g/mol. The van der Waals surface area contributed by atoms with Gasteiger partial charge < -0.3 is 14.8 Å². The molecule has 0 spiro atoms. The first-order valence-electron chi connectivity index (χ1n) is 7.26. The molecule has 1 aliphatic rings. The summed E-state index contributed by atoms with van der Waals surface area (Å²) in [5.74, 6) is 1.57. The van der Waals surface area contributed by atoms with E-state index in [1.807, 2.05) is 48.5 Å². The number of para-hydroxylation sites is 3. The second-order valence-corrected chi connectivity index (χ2v) is 5.33. The van der Waals surface area contributed by atoms with Gasteiger partial charge in [0.15, 0.2) is 5.11 Å². The second kappa shape index (κ2) is 7.11. The van der Waals surface area contributed by atoms with Crippen LogP contribution in [0.1, 0.15) is 12.0 Å². The minimum Gasteiger partial charge on any atom is -0.495 e. The molecular weight excluding hydrogens is 310 g/mol. The smallest absolute Gasteiger partial charge is 0.191 e. The van der Waals surface area contributed by atoms with Crippen molar-refractivity contribution in [2.24, 2.45) is 5.10 Å². The first kappa shape index (κ1) is 15.3. The van der Waals surface area contributed by atoms with Gasteiger partial charge in [0, 0.05) is 12.0 Å². The van der Waals surface area contributed by atoms with Crippen LogP contribution in [0.4, 0.5) is 5.69 Å². The molecule has 23 heavy (non-hydrogen) atoms. The Morgan fingerprint density at radius 1 is 1.17 bits per heavy atom. The van der Waals surface area contributed by atoms with Gasteiger partial charge in [-0.05, 0) is 36.5 Å². The highest BCUT2D eigenvalue weighted by atomic mass is 32.1. The number of benzene rings is 2. The maximum Gasteiger partial charge on any atom is 0.191 e. The van der Waals surface area contributed by atoms with E-state index in [1.165, 1.54) is 0 Å². The molecule has 118 valence electrons. The summed E-state index contributed by atoms with van der Waals surface area (Å²) >= 11 is 5.29. The highest BCUT2D eigenvalue weighted by Gasteiger charge is 2.16. The van der Waals surface area contributed by atoms with Crippen molar-refractivity contribution >= 4 is 28.7 Å². The lowest BCUT2D eigenvalue weighted by atomic mass is 10.0. The van der Waals surface area contributed by atoms with Crippen LogP contribution in [-0.4, -0.2) is 24.5 Å². The number of hydrazone groups is 1. The lowest BCUT2D eigenvalue weighted by Crippen LogP contribution is -2.27. The van der Waals surface area contributed by atoms with E-state index in [4.69, 9.17) is 21.7 Å². The molecule has 0 saturated carbocycles. The predicted molar refractivity (Wildman–Crippen MR) is 95.4 cm³/mol. The van der Waals surface area contributed by atoms with E-state index in [0.29, 0.717) is 11.7 Å². The van der Waals surface area contributed by atoms with Gasteiger partial charge in [0.2, 0.25) is 0 Å². The van der Waals surface area contributed by atoms with E-state index in [2.05, 4.69) is 15.8 Å². The monoisotopic (exact) mass is 327 g/mol. The van der Waals surface area contributed by atoms with Gasteiger partial charge in [0.25, 0.3) is 0 Å². The van der Waals surface area contributed by atoms with Gasteiger partial charge >= 0.3 is 0 Å². The van der Waals surface area contributed by atoms with E-state index in [0.717, 1.165) is 34.9 Å². The van der Waals surface area contributed by atoms with Crippen LogP contribution in [0, 0.1) is 0 Å². The summed E-state index contributed by atoms with van der Waals surface area (Å²) in [6.07, 6.45) is 0.737. The van der Waals surface area contributed by atoms with Crippen LogP contribution in [-0.2, 0) is 0 Å². The van der Waals surface area contributed by atoms with Crippen LogP contribution >= 0.6 is 12.2 Å². The van der Waals surface area contributed by atoms with Gasteiger partial charge in [-0.3, -0.25) is 5.43 Å². The summed E-state index contributed by atoms with van der Waals surface area (Å²) in [5, 5.41) is 7.91. The Morgan fingerprint density at radius 2 is 1.96 bits per heavy atom. The van der Waals surface area contributed by atoms with Gasteiger partial charge in [-0.2, -0.15) is 5.10 Å². The van der Waals surface area contributed by atoms with Crippen LogP contribution in [0.5, 0.6) is 11.5 Å². The fourth-order valence-electron chi connectivity index (χ4n) is 2.36. The zero-order chi connectivity index (χ0) is 16.1. The predicted octanol–water partition coefficient (Wildman–Crippen LogP) is 3.17. The number of nitrogens with one attached hydrogen (secondary N) is 2. The fourth-order valence-corrected chi connectivity index (χ4v) is 2.51. The summed E-state index contributed by atoms with van der Waals surface area (Å²) < 4.78 is 10.9. The third kappa shape index (κ3) is 3.60. The molecule has 5 nitrogen and oxygen atoms in total. The van der Waals surface area contributed by atoms with Crippen molar-refractivity contribution in [3.63, 3.8) is 0 Å². The van der Waals surface area contributed by atoms with Crippen LogP contribution in [0.25, 0.3) is 0 Å². The molecule has 0 fully saturated rings. The summed E-state index contributed by atoms with van der Waals surface area (Å²) in [7, 11) is 1.62. The number of methoxy groups -OCH3 is 1. The minimum absolute atomic E-state index is 0.408. The molecule has 2 N–H and O–H groups in total.